The van der Waals surface area contributed by atoms with Crippen molar-refractivity contribution in [3.05, 3.63) is 28.8 Å². The van der Waals surface area contributed by atoms with Crippen LogP contribution in [0.15, 0.2) is 23.1 Å². The van der Waals surface area contributed by atoms with Crippen molar-refractivity contribution in [1.82, 2.24) is 4.31 Å². The molecule has 0 spiro atoms. The van der Waals surface area contributed by atoms with Crippen molar-refractivity contribution in [2.24, 2.45) is 5.73 Å². The number of rotatable bonds is 7. The lowest BCUT2D eigenvalue weighted by Crippen LogP contribution is -2.32. The number of sulfonamides is 1. The highest BCUT2D eigenvalue weighted by atomic mass is 35.5. The van der Waals surface area contributed by atoms with Gasteiger partial charge < -0.3 is 5.73 Å². The first-order valence-electron chi connectivity index (χ1n) is 6.46. The molecular weight excluding hydrogens is 284 g/mol. The van der Waals surface area contributed by atoms with E-state index in [2.05, 4.69) is 0 Å². The van der Waals surface area contributed by atoms with Gasteiger partial charge in [0.15, 0.2) is 0 Å². The monoisotopic (exact) mass is 304 g/mol. The van der Waals surface area contributed by atoms with E-state index in [1.54, 1.807) is 12.1 Å². The topological polar surface area (TPSA) is 63.4 Å². The molecule has 0 bridgehead atoms. The fourth-order valence-corrected chi connectivity index (χ4v) is 3.83. The number of hydrogen-bond donors (Lipinski definition) is 1. The van der Waals surface area contributed by atoms with Gasteiger partial charge >= 0.3 is 0 Å². The molecule has 1 rings (SSSR count). The minimum absolute atomic E-state index is 0.157. The van der Waals surface area contributed by atoms with Gasteiger partial charge in [0.25, 0.3) is 0 Å². The maximum Gasteiger partial charge on any atom is 0.244 e. The second-order valence-corrected chi connectivity index (χ2v) is 6.63. The molecule has 4 nitrogen and oxygen atoms in total. The van der Waals surface area contributed by atoms with Crippen LogP contribution in [0.25, 0.3) is 0 Å². The standard InChI is InChI=1S/C13H21ClN2O2S/c1-3-5-8-16(4-2)19(17,18)13-7-6-11(10-15)9-12(13)14/h6-7,9H,3-5,8,10,15H2,1-2H3. The molecular formula is C13H21ClN2O2S. The fraction of sp³-hybridized carbons (Fsp3) is 0.538. The summed E-state index contributed by atoms with van der Waals surface area (Å²) in [6, 6.07) is 4.85. The van der Waals surface area contributed by atoms with E-state index >= 15 is 0 Å². The van der Waals surface area contributed by atoms with Gasteiger partial charge in [0, 0.05) is 19.6 Å². The number of nitrogens with two attached hydrogens (primary N) is 1. The Morgan fingerprint density at radius 2 is 2.00 bits per heavy atom. The van der Waals surface area contributed by atoms with Gasteiger partial charge in [-0.1, -0.05) is 37.9 Å². The third-order valence-corrected chi connectivity index (χ3v) is 5.42. The summed E-state index contributed by atoms with van der Waals surface area (Å²) in [6.07, 6.45) is 1.79. The second kappa shape index (κ2) is 7.24. The molecule has 0 aromatic heterocycles. The van der Waals surface area contributed by atoms with E-state index in [4.69, 9.17) is 17.3 Å². The van der Waals surface area contributed by atoms with Crippen LogP contribution >= 0.6 is 11.6 Å². The number of halogens is 1. The van der Waals surface area contributed by atoms with Crippen LogP contribution < -0.4 is 5.73 Å². The van der Waals surface area contributed by atoms with E-state index in [0.29, 0.717) is 19.6 Å². The molecule has 2 N–H and O–H groups in total. The first-order valence-corrected chi connectivity index (χ1v) is 8.27. The Labute approximate surface area is 120 Å². The smallest absolute Gasteiger partial charge is 0.244 e. The van der Waals surface area contributed by atoms with E-state index in [9.17, 15) is 8.42 Å². The molecule has 19 heavy (non-hydrogen) atoms. The molecule has 0 saturated heterocycles. The third kappa shape index (κ3) is 3.92. The molecule has 0 aliphatic heterocycles. The van der Waals surface area contributed by atoms with Crippen LogP contribution in [0.1, 0.15) is 32.3 Å². The van der Waals surface area contributed by atoms with Crippen molar-refractivity contribution in [3.63, 3.8) is 0 Å². The fourth-order valence-electron chi connectivity index (χ4n) is 1.80. The lowest BCUT2D eigenvalue weighted by atomic mass is 10.2. The molecule has 0 amide bonds. The second-order valence-electron chi connectivity index (χ2n) is 4.32. The normalized spacial score (nSPS) is 12.1. The Balaban J connectivity index is 3.11. The highest BCUT2D eigenvalue weighted by Crippen LogP contribution is 2.25. The number of nitrogens with zero attached hydrogens (tertiary/aromatic N) is 1. The summed E-state index contributed by atoms with van der Waals surface area (Å²) in [5.41, 5.74) is 6.33. The van der Waals surface area contributed by atoms with Crippen LogP contribution in [-0.4, -0.2) is 25.8 Å². The van der Waals surface area contributed by atoms with Crippen molar-refractivity contribution in [1.29, 1.82) is 0 Å². The third-order valence-electron chi connectivity index (χ3n) is 2.96. The predicted octanol–water partition coefficient (Wildman–Crippen LogP) is 2.61. The van der Waals surface area contributed by atoms with E-state index < -0.39 is 10.0 Å². The summed E-state index contributed by atoms with van der Waals surface area (Å²) < 4.78 is 26.5. The van der Waals surface area contributed by atoms with Crippen molar-refractivity contribution in [2.45, 2.75) is 38.1 Å². The van der Waals surface area contributed by atoms with Crippen LogP contribution in [0.3, 0.4) is 0 Å². The molecule has 6 heteroatoms. The van der Waals surface area contributed by atoms with Crippen molar-refractivity contribution >= 4 is 21.6 Å². The lowest BCUT2D eigenvalue weighted by Gasteiger charge is -2.21. The van der Waals surface area contributed by atoms with Gasteiger partial charge in [-0.3, -0.25) is 0 Å². The van der Waals surface area contributed by atoms with Gasteiger partial charge in [-0.05, 0) is 24.1 Å². The summed E-state index contributed by atoms with van der Waals surface area (Å²) in [7, 11) is -3.52. The van der Waals surface area contributed by atoms with Gasteiger partial charge in [-0.2, -0.15) is 4.31 Å². The van der Waals surface area contributed by atoms with Crippen molar-refractivity contribution in [2.75, 3.05) is 13.1 Å². The van der Waals surface area contributed by atoms with Crippen LogP contribution in [0.5, 0.6) is 0 Å². The van der Waals surface area contributed by atoms with E-state index in [0.717, 1.165) is 18.4 Å². The van der Waals surface area contributed by atoms with Crippen LogP contribution in [0.4, 0.5) is 0 Å². The molecule has 0 atom stereocenters. The van der Waals surface area contributed by atoms with Gasteiger partial charge in [0.05, 0.1) is 5.02 Å². The quantitative estimate of drug-likeness (QED) is 0.842. The van der Waals surface area contributed by atoms with Gasteiger partial charge in [-0.15, -0.1) is 0 Å². The van der Waals surface area contributed by atoms with E-state index in [-0.39, 0.29) is 9.92 Å². The minimum Gasteiger partial charge on any atom is -0.326 e. The zero-order valence-electron chi connectivity index (χ0n) is 11.4. The van der Waals surface area contributed by atoms with E-state index in [1.165, 1.54) is 10.4 Å². The maximum atomic E-state index is 12.5. The molecule has 1 aromatic carbocycles. The average Bonchev–Trinajstić information content (AvgIpc) is 2.38. The van der Waals surface area contributed by atoms with Gasteiger partial charge in [0.1, 0.15) is 4.90 Å². The average molecular weight is 305 g/mol. The molecule has 0 saturated carbocycles. The maximum absolute atomic E-state index is 12.5. The lowest BCUT2D eigenvalue weighted by molar-refractivity contribution is 0.419. The molecule has 0 unspecified atom stereocenters. The molecule has 0 heterocycles. The SMILES string of the molecule is CCCCN(CC)S(=O)(=O)c1ccc(CN)cc1Cl. The number of hydrogen-bond acceptors (Lipinski definition) is 3. The summed E-state index contributed by atoms with van der Waals surface area (Å²) in [5.74, 6) is 0. The zero-order chi connectivity index (χ0) is 14.5. The first-order chi connectivity index (χ1) is 8.97. The Morgan fingerprint density at radius 1 is 1.32 bits per heavy atom. The van der Waals surface area contributed by atoms with Gasteiger partial charge in [0.2, 0.25) is 10.0 Å². The Morgan fingerprint density at radius 3 is 2.47 bits per heavy atom. The molecule has 1 aromatic rings. The van der Waals surface area contributed by atoms with Crippen LogP contribution in [-0.2, 0) is 16.6 Å². The molecule has 0 fully saturated rings. The zero-order valence-corrected chi connectivity index (χ0v) is 13.0. The van der Waals surface area contributed by atoms with Crippen molar-refractivity contribution in [3.8, 4) is 0 Å². The highest BCUT2D eigenvalue weighted by molar-refractivity contribution is 7.89. The van der Waals surface area contributed by atoms with E-state index in [1.807, 2.05) is 13.8 Å². The Hall–Kier alpha value is -0.620. The summed E-state index contributed by atoms with van der Waals surface area (Å²) in [5, 5.41) is 0.234. The highest BCUT2D eigenvalue weighted by Gasteiger charge is 2.24. The van der Waals surface area contributed by atoms with Crippen LogP contribution in [0, 0.1) is 0 Å². The van der Waals surface area contributed by atoms with Crippen LogP contribution in [0.2, 0.25) is 5.02 Å². The summed E-state index contributed by atoms with van der Waals surface area (Å²) in [6.45, 7) is 5.16. The van der Waals surface area contributed by atoms with Gasteiger partial charge in [-0.25, -0.2) is 8.42 Å². The molecule has 0 aliphatic rings. The molecule has 0 aliphatic carbocycles. The number of benzene rings is 1. The largest absolute Gasteiger partial charge is 0.326 e. The molecule has 108 valence electrons. The minimum atomic E-state index is -3.52. The first kappa shape index (κ1) is 16.4. The number of unbranched alkanes of at least 4 members (excludes halogenated alkanes) is 1. The molecule has 0 radical (unpaired) electrons. The Bertz CT molecular complexity index is 517. The Kier molecular flexibility index (Phi) is 6.26. The summed E-state index contributed by atoms with van der Waals surface area (Å²) in [4.78, 5) is 0.157. The summed E-state index contributed by atoms with van der Waals surface area (Å²) >= 11 is 6.07. The van der Waals surface area contributed by atoms with Crippen molar-refractivity contribution < 1.29 is 8.42 Å². The predicted molar refractivity (Wildman–Crippen MR) is 78.7 cm³/mol.